The van der Waals surface area contributed by atoms with E-state index in [0.717, 1.165) is 18.5 Å². The van der Waals surface area contributed by atoms with Gasteiger partial charge >= 0.3 is 11.7 Å². The maximum Gasteiger partial charge on any atom is 0.340 e. The first-order chi connectivity index (χ1) is 13.1. The summed E-state index contributed by atoms with van der Waals surface area (Å²) in [5, 5.41) is 2.67. The topological polar surface area (TPSA) is 59.8 Å². The first-order valence-electron chi connectivity index (χ1n) is 10.0. The molecule has 0 heterocycles. The van der Waals surface area contributed by atoms with Crippen molar-refractivity contribution >= 4 is 17.6 Å². The molecule has 27 heavy (non-hydrogen) atoms. The molecule has 0 fully saturated rings. The molecule has 0 aliphatic heterocycles. The van der Waals surface area contributed by atoms with Gasteiger partial charge in [0.25, 0.3) is 12.0 Å². The lowest BCUT2D eigenvalue weighted by Gasteiger charge is -2.13. The normalized spacial score (nSPS) is 11.2. The summed E-state index contributed by atoms with van der Waals surface area (Å²) < 4.78 is 5.26. The van der Waals surface area contributed by atoms with E-state index >= 15 is 0 Å². The van der Waals surface area contributed by atoms with E-state index < -0.39 is 12.0 Å². The second-order valence-electron chi connectivity index (χ2n) is 6.72. The molecule has 1 aromatic rings. The van der Waals surface area contributed by atoms with Gasteiger partial charge in [-0.1, -0.05) is 51.9 Å². The quantitative estimate of drug-likeness (QED) is 0.390. The lowest BCUT2D eigenvalue weighted by atomic mass is 10.1. The van der Waals surface area contributed by atoms with Gasteiger partial charge in [-0.3, -0.25) is 4.79 Å². The number of nitrogens with one attached hydrogen (secondary N) is 1. The zero-order valence-corrected chi connectivity index (χ0v) is 16.9. The molecule has 0 saturated heterocycles. The Balaban J connectivity index is 2.21. The number of carbonyl (C=O) groups excluding carboxylic acids is 2. The molecule has 0 saturated carbocycles. The number of esters is 1. The number of carbonyl (C=O) groups is 2. The fraction of sp³-hybridized carbons (Fsp3) is 0.591. The van der Waals surface area contributed by atoms with Crippen LogP contribution in [0.5, 0.6) is 0 Å². The predicted octanol–water partition coefficient (Wildman–Crippen LogP) is 5.47. The highest BCUT2D eigenvalue weighted by atomic mass is 16.5. The molecule has 1 rings (SSSR count). The van der Waals surface area contributed by atoms with Crippen molar-refractivity contribution in [3.63, 3.8) is 0 Å². The standard InChI is InChI=1S/C22H32N2O3/c1-4-6-7-8-9-10-11-12-17-27-22(26)18(3)24-21(25)19-13-15-20(16-14-19)23-5-2/h13-16,18H,4,6-12,17H2,1-3H3/p+1/t18-/m0/s1. The third kappa shape index (κ3) is 9.79. The molecule has 5 heteroatoms. The lowest BCUT2D eigenvalue weighted by Crippen LogP contribution is -2.39. The highest BCUT2D eigenvalue weighted by molar-refractivity contribution is 5.96. The summed E-state index contributed by atoms with van der Waals surface area (Å²) >= 11 is 0. The van der Waals surface area contributed by atoms with Crippen LogP contribution in [-0.2, 0) is 9.53 Å². The first kappa shape index (κ1) is 22.7. The van der Waals surface area contributed by atoms with Crippen molar-refractivity contribution in [3.8, 4) is 6.07 Å². The van der Waals surface area contributed by atoms with E-state index in [0.29, 0.717) is 12.2 Å². The molecule has 0 spiro atoms. The van der Waals surface area contributed by atoms with Crippen molar-refractivity contribution in [3.05, 3.63) is 34.7 Å². The van der Waals surface area contributed by atoms with Gasteiger partial charge in [-0.05, 0) is 30.3 Å². The van der Waals surface area contributed by atoms with Gasteiger partial charge in [0, 0.05) is 17.7 Å². The Labute approximate surface area is 163 Å². The van der Waals surface area contributed by atoms with Crippen LogP contribution in [0.3, 0.4) is 0 Å². The number of hydrogen-bond acceptors (Lipinski definition) is 3. The van der Waals surface area contributed by atoms with Gasteiger partial charge in [-0.2, -0.15) is 0 Å². The second-order valence-corrected chi connectivity index (χ2v) is 6.72. The summed E-state index contributed by atoms with van der Waals surface area (Å²) in [4.78, 5) is 28.2. The van der Waals surface area contributed by atoms with Gasteiger partial charge in [-0.25, -0.2) is 4.79 Å². The van der Waals surface area contributed by atoms with E-state index in [1.54, 1.807) is 38.1 Å². The van der Waals surface area contributed by atoms with Gasteiger partial charge in [0.2, 0.25) is 0 Å². The first-order valence-corrected chi connectivity index (χ1v) is 10.0. The van der Waals surface area contributed by atoms with Crippen LogP contribution < -0.4 is 5.32 Å². The molecule has 5 nitrogen and oxygen atoms in total. The molecule has 1 amide bonds. The Hall–Kier alpha value is -2.35. The van der Waals surface area contributed by atoms with Crippen molar-refractivity contribution < 1.29 is 14.3 Å². The number of benzene rings is 1. The fourth-order valence-electron chi connectivity index (χ4n) is 2.69. The van der Waals surface area contributed by atoms with Gasteiger partial charge in [0.15, 0.2) is 0 Å². The van der Waals surface area contributed by atoms with Crippen LogP contribution in [0.2, 0.25) is 0 Å². The summed E-state index contributed by atoms with van der Waals surface area (Å²) in [6.07, 6.45) is 9.57. The van der Waals surface area contributed by atoms with Crippen LogP contribution in [0.25, 0.3) is 4.85 Å². The summed E-state index contributed by atoms with van der Waals surface area (Å²) in [6, 6.07) is 8.82. The minimum absolute atomic E-state index is 0.303. The van der Waals surface area contributed by atoms with Crippen molar-refractivity contribution in [2.45, 2.75) is 78.2 Å². The van der Waals surface area contributed by atoms with Crippen LogP contribution in [0, 0.1) is 6.07 Å². The molecule has 1 aromatic carbocycles. The molecule has 0 aliphatic carbocycles. The number of hydrogen-bond donors (Lipinski definition) is 1. The zero-order valence-electron chi connectivity index (χ0n) is 16.9. The Kier molecular flexibility index (Phi) is 11.6. The van der Waals surface area contributed by atoms with Crippen LogP contribution in [0.15, 0.2) is 24.3 Å². The van der Waals surface area contributed by atoms with Crippen LogP contribution in [0.4, 0.5) is 5.69 Å². The van der Waals surface area contributed by atoms with Gasteiger partial charge < -0.3 is 10.1 Å². The van der Waals surface area contributed by atoms with E-state index in [1.165, 1.54) is 38.5 Å². The largest absolute Gasteiger partial charge is 0.464 e. The maximum absolute atomic E-state index is 12.2. The Morgan fingerprint density at radius 1 is 1.04 bits per heavy atom. The lowest BCUT2D eigenvalue weighted by molar-refractivity contribution is -0.145. The van der Waals surface area contributed by atoms with E-state index in [4.69, 9.17) is 4.74 Å². The molecular formula is C22H33N2O3+. The minimum atomic E-state index is -0.673. The Bertz CT molecular complexity index is 629. The zero-order chi connectivity index (χ0) is 19.9. The number of rotatable bonds is 12. The number of unbranched alkanes of at least 4 members (excludes halogenated alkanes) is 7. The maximum atomic E-state index is 12.2. The highest BCUT2D eigenvalue weighted by Gasteiger charge is 2.18. The highest BCUT2D eigenvalue weighted by Crippen LogP contribution is 2.13. The summed E-state index contributed by atoms with van der Waals surface area (Å²) in [7, 11) is 0. The summed E-state index contributed by atoms with van der Waals surface area (Å²) in [5.74, 6) is -0.698. The summed E-state index contributed by atoms with van der Waals surface area (Å²) in [5.41, 5.74) is 1.21. The molecule has 0 unspecified atom stereocenters. The smallest absolute Gasteiger partial charge is 0.340 e. The Morgan fingerprint density at radius 3 is 2.22 bits per heavy atom. The molecule has 0 aromatic heterocycles. The number of ether oxygens (including phenoxy) is 1. The molecular weight excluding hydrogens is 340 g/mol. The SMILES string of the molecule is CC#[N+]c1ccc(C(=O)N[C@@H](C)C(=O)OCCCCCCCCCC)cc1. The summed E-state index contributed by atoms with van der Waals surface area (Å²) in [6.45, 7) is 5.98. The van der Waals surface area contributed by atoms with Crippen LogP contribution in [-0.4, -0.2) is 24.5 Å². The number of amides is 1. The number of nitrogens with zero attached hydrogens (tertiary/aromatic N) is 1. The van der Waals surface area contributed by atoms with E-state index in [9.17, 15) is 9.59 Å². The third-order valence-corrected chi connectivity index (χ3v) is 4.31. The van der Waals surface area contributed by atoms with Crippen molar-refractivity contribution in [2.75, 3.05) is 6.61 Å². The third-order valence-electron chi connectivity index (χ3n) is 4.31. The monoisotopic (exact) mass is 373 g/mol. The average Bonchev–Trinajstić information content (AvgIpc) is 2.67. The Morgan fingerprint density at radius 2 is 1.63 bits per heavy atom. The molecule has 1 atom stereocenters. The molecule has 0 aliphatic rings. The van der Waals surface area contributed by atoms with E-state index in [2.05, 4.69) is 23.2 Å². The van der Waals surface area contributed by atoms with Gasteiger partial charge in [0.1, 0.15) is 6.04 Å². The molecule has 1 N–H and O–H groups in total. The minimum Gasteiger partial charge on any atom is -0.464 e. The van der Waals surface area contributed by atoms with Crippen molar-refractivity contribution in [1.82, 2.24) is 5.32 Å². The second kappa shape index (κ2) is 13.8. The van der Waals surface area contributed by atoms with Crippen molar-refractivity contribution in [2.24, 2.45) is 0 Å². The van der Waals surface area contributed by atoms with E-state index in [1.807, 2.05) is 0 Å². The molecule has 0 bridgehead atoms. The van der Waals surface area contributed by atoms with Crippen LogP contribution in [0.1, 0.15) is 82.5 Å². The van der Waals surface area contributed by atoms with Crippen molar-refractivity contribution in [1.29, 1.82) is 0 Å². The average molecular weight is 374 g/mol. The van der Waals surface area contributed by atoms with E-state index in [-0.39, 0.29) is 5.91 Å². The van der Waals surface area contributed by atoms with Gasteiger partial charge in [0.05, 0.1) is 13.5 Å². The predicted molar refractivity (Wildman–Crippen MR) is 110 cm³/mol. The van der Waals surface area contributed by atoms with Gasteiger partial charge in [-0.15, -0.1) is 0 Å². The fourth-order valence-corrected chi connectivity index (χ4v) is 2.69. The molecule has 0 radical (unpaired) electrons. The van der Waals surface area contributed by atoms with Crippen LogP contribution >= 0.6 is 0 Å². The molecule has 148 valence electrons.